The van der Waals surface area contributed by atoms with Crippen LogP contribution >= 0.6 is 0 Å². The molecule has 3 amide bonds. The summed E-state index contributed by atoms with van der Waals surface area (Å²) in [4.78, 5) is 43.9. The van der Waals surface area contributed by atoms with Crippen LogP contribution in [0.2, 0.25) is 0 Å². The minimum Gasteiger partial charge on any atom is -0.481 e. The van der Waals surface area contributed by atoms with E-state index in [-0.39, 0.29) is 18.7 Å². The van der Waals surface area contributed by atoms with E-state index in [0.717, 1.165) is 17.7 Å². The molecule has 1 aliphatic heterocycles. The van der Waals surface area contributed by atoms with Gasteiger partial charge in [-0.2, -0.15) is 13.2 Å². The molecule has 3 rings (SSSR count). The van der Waals surface area contributed by atoms with Crippen LogP contribution in [0, 0.1) is 5.92 Å². The number of hydrogen-bond acceptors (Lipinski definition) is 4. The molecular formula is C24H24F3N3O4. The highest BCUT2D eigenvalue weighted by molar-refractivity contribution is 6.11. The summed E-state index contributed by atoms with van der Waals surface area (Å²) in [5, 5.41) is 9.78. The van der Waals surface area contributed by atoms with Gasteiger partial charge in [0.2, 0.25) is 5.91 Å². The quantitative estimate of drug-likeness (QED) is 0.642. The molecule has 0 saturated carbocycles. The summed E-state index contributed by atoms with van der Waals surface area (Å²) < 4.78 is 41.2. The van der Waals surface area contributed by atoms with Crippen LogP contribution in [-0.2, 0) is 22.3 Å². The van der Waals surface area contributed by atoms with Crippen molar-refractivity contribution in [1.29, 1.82) is 0 Å². The first kappa shape index (κ1) is 25.1. The van der Waals surface area contributed by atoms with E-state index in [2.05, 4.69) is 4.99 Å². The third-order valence-corrected chi connectivity index (χ3v) is 5.64. The Hall–Kier alpha value is -3.53. The molecule has 34 heavy (non-hydrogen) atoms. The van der Waals surface area contributed by atoms with E-state index in [1.54, 1.807) is 7.05 Å². The number of carboxylic acid groups (broad SMARTS) is 1. The van der Waals surface area contributed by atoms with Crippen molar-refractivity contribution in [1.82, 2.24) is 9.80 Å². The first-order valence-corrected chi connectivity index (χ1v) is 10.5. The number of benzene rings is 2. The van der Waals surface area contributed by atoms with Crippen LogP contribution in [0.25, 0.3) is 0 Å². The predicted octanol–water partition coefficient (Wildman–Crippen LogP) is 4.39. The first-order valence-electron chi connectivity index (χ1n) is 10.5. The van der Waals surface area contributed by atoms with Crippen LogP contribution in [0.3, 0.4) is 0 Å². The molecule has 2 aromatic rings. The largest absolute Gasteiger partial charge is 0.481 e. The Morgan fingerprint density at radius 1 is 1.09 bits per heavy atom. The Balaban J connectivity index is 1.93. The number of imide groups is 1. The molecule has 180 valence electrons. The molecule has 1 N–H and O–H groups in total. The number of aliphatic imine (C=N–C) groups is 1. The van der Waals surface area contributed by atoms with Gasteiger partial charge < -0.3 is 10.0 Å². The van der Waals surface area contributed by atoms with E-state index in [4.69, 9.17) is 0 Å². The van der Waals surface area contributed by atoms with Crippen LogP contribution in [0.4, 0.5) is 18.0 Å². The van der Waals surface area contributed by atoms with E-state index in [9.17, 15) is 32.7 Å². The first-order chi connectivity index (χ1) is 16.0. The van der Waals surface area contributed by atoms with Gasteiger partial charge in [-0.25, -0.2) is 9.79 Å². The number of aliphatic carboxylic acids is 1. The number of carboxylic acids is 1. The number of alkyl halides is 3. The van der Waals surface area contributed by atoms with Crippen LogP contribution in [-0.4, -0.2) is 52.1 Å². The Morgan fingerprint density at radius 3 is 2.32 bits per heavy atom. The maximum atomic E-state index is 13.7. The number of carbonyl (C=O) groups is 3. The molecule has 2 aromatic carbocycles. The van der Waals surface area contributed by atoms with Gasteiger partial charge in [0.25, 0.3) is 0 Å². The van der Waals surface area contributed by atoms with Crippen LogP contribution in [0.15, 0.2) is 59.6 Å². The summed E-state index contributed by atoms with van der Waals surface area (Å²) in [6, 6.07) is 11.1. The average Bonchev–Trinajstić information content (AvgIpc) is 2.76. The number of halogens is 3. The molecule has 0 aromatic heterocycles. The standard InChI is InChI=1S/C24H24F3N3O4/c1-15-20(22(32)33)21(17-10-6-7-11-18(17)24(25,26)27)30(23(34)28-15)19(31)12-13-29(2)14-16-8-4-3-5-9-16/h3-11,20-21H,12-14H2,1-2H3,(H,32,33). The maximum absolute atomic E-state index is 13.7. The van der Waals surface area contributed by atoms with Crippen molar-refractivity contribution in [2.24, 2.45) is 10.9 Å². The van der Waals surface area contributed by atoms with Crippen molar-refractivity contribution in [3.8, 4) is 0 Å². The van der Waals surface area contributed by atoms with Crippen molar-refractivity contribution in [2.75, 3.05) is 13.6 Å². The molecule has 0 saturated heterocycles. The lowest BCUT2D eigenvalue weighted by atomic mass is 9.84. The number of hydrogen-bond donors (Lipinski definition) is 1. The third-order valence-electron chi connectivity index (χ3n) is 5.64. The molecule has 0 radical (unpaired) electrons. The van der Waals surface area contributed by atoms with Crippen molar-refractivity contribution < 1.29 is 32.7 Å². The van der Waals surface area contributed by atoms with Gasteiger partial charge in [-0.1, -0.05) is 48.5 Å². The summed E-state index contributed by atoms with van der Waals surface area (Å²) >= 11 is 0. The Labute approximate surface area is 194 Å². The molecule has 0 spiro atoms. The van der Waals surface area contributed by atoms with E-state index in [1.165, 1.54) is 19.1 Å². The zero-order valence-corrected chi connectivity index (χ0v) is 18.6. The summed E-state index contributed by atoms with van der Waals surface area (Å²) in [5.74, 6) is -3.88. The average molecular weight is 475 g/mol. The summed E-state index contributed by atoms with van der Waals surface area (Å²) in [6.45, 7) is 1.97. The predicted molar refractivity (Wildman–Crippen MR) is 118 cm³/mol. The highest BCUT2D eigenvalue weighted by Gasteiger charge is 2.48. The maximum Gasteiger partial charge on any atom is 0.416 e. The SMILES string of the molecule is CC1=NC(=O)N(C(=O)CCN(C)Cc2ccccc2)C(c2ccccc2C(F)(F)F)C1C(=O)O. The molecule has 1 heterocycles. The second-order valence-corrected chi connectivity index (χ2v) is 8.12. The van der Waals surface area contributed by atoms with Gasteiger partial charge in [0, 0.05) is 25.2 Å². The molecule has 7 nitrogen and oxygen atoms in total. The highest BCUT2D eigenvalue weighted by Crippen LogP contribution is 2.41. The Bertz CT molecular complexity index is 1100. The topological polar surface area (TPSA) is 90.3 Å². The van der Waals surface area contributed by atoms with Crippen LogP contribution < -0.4 is 0 Å². The summed E-state index contributed by atoms with van der Waals surface area (Å²) in [5.41, 5.74) is -0.733. The van der Waals surface area contributed by atoms with Gasteiger partial charge in [0.15, 0.2) is 0 Å². The summed E-state index contributed by atoms with van der Waals surface area (Å²) in [7, 11) is 1.76. The fourth-order valence-corrected chi connectivity index (χ4v) is 4.06. The van der Waals surface area contributed by atoms with Crippen LogP contribution in [0.5, 0.6) is 0 Å². The second-order valence-electron chi connectivity index (χ2n) is 8.12. The lowest BCUT2D eigenvalue weighted by Gasteiger charge is -2.37. The van der Waals surface area contributed by atoms with Gasteiger partial charge in [-0.15, -0.1) is 0 Å². The second kappa shape index (κ2) is 10.2. The van der Waals surface area contributed by atoms with Gasteiger partial charge in [-0.3, -0.25) is 14.5 Å². The zero-order chi connectivity index (χ0) is 25.0. The fourth-order valence-electron chi connectivity index (χ4n) is 4.06. The molecule has 10 heteroatoms. The number of urea groups is 1. The van der Waals surface area contributed by atoms with Gasteiger partial charge in [0.05, 0.1) is 11.6 Å². The number of rotatable bonds is 7. The summed E-state index contributed by atoms with van der Waals surface area (Å²) in [6.07, 6.45) is -5.02. The Morgan fingerprint density at radius 2 is 1.71 bits per heavy atom. The van der Waals surface area contributed by atoms with Crippen molar-refractivity contribution >= 4 is 23.6 Å². The highest BCUT2D eigenvalue weighted by atomic mass is 19.4. The lowest BCUT2D eigenvalue weighted by Crippen LogP contribution is -2.50. The van der Waals surface area contributed by atoms with Crippen molar-refractivity contribution in [2.45, 2.75) is 32.1 Å². The molecular weight excluding hydrogens is 451 g/mol. The lowest BCUT2D eigenvalue weighted by molar-refractivity contribution is -0.146. The molecule has 2 atom stereocenters. The van der Waals surface area contributed by atoms with E-state index < -0.39 is 47.2 Å². The van der Waals surface area contributed by atoms with E-state index in [0.29, 0.717) is 11.4 Å². The molecule has 1 aliphatic rings. The van der Waals surface area contributed by atoms with Gasteiger partial charge in [0.1, 0.15) is 5.92 Å². The van der Waals surface area contributed by atoms with Crippen molar-refractivity contribution in [3.05, 3.63) is 71.3 Å². The minimum atomic E-state index is -4.81. The number of amides is 3. The fraction of sp³-hybridized carbons (Fsp3) is 0.333. The number of nitrogens with zero attached hydrogens (tertiary/aromatic N) is 3. The van der Waals surface area contributed by atoms with Gasteiger partial charge in [-0.05, 0) is 31.2 Å². The molecule has 0 fully saturated rings. The Kier molecular flexibility index (Phi) is 7.51. The van der Waals surface area contributed by atoms with E-state index in [1.807, 2.05) is 35.2 Å². The van der Waals surface area contributed by atoms with Crippen LogP contribution in [0.1, 0.15) is 36.1 Å². The monoisotopic (exact) mass is 475 g/mol. The third kappa shape index (κ3) is 5.51. The van der Waals surface area contributed by atoms with Crippen molar-refractivity contribution in [3.63, 3.8) is 0 Å². The van der Waals surface area contributed by atoms with E-state index >= 15 is 0 Å². The normalized spacial score (nSPS) is 18.7. The minimum absolute atomic E-state index is 0.162. The molecule has 0 aliphatic carbocycles. The van der Waals surface area contributed by atoms with Gasteiger partial charge >= 0.3 is 18.2 Å². The molecule has 2 unspecified atom stereocenters. The smallest absolute Gasteiger partial charge is 0.416 e. The zero-order valence-electron chi connectivity index (χ0n) is 18.6. The molecule has 0 bridgehead atoms. The number of carbonyl (C=O) groups excluding carboxylic acids is 2.